The Bertz CT molecular complexity index is 1520. The second-order valence-corrected chi connectivity index (χ2v) is 15.1. The Morgan fingerprint density at radius 3 is 2.20 bits per heavy atom. The zero-order chi connectivity index (χ0) is 31.0. The minimum absolute atomic E-state index is 0.0122. The maximum atomic E-state index is 14.4. The molecule has 0 N–H and O–H groups in total. The van der Waals surface area contributed by atoms with E-state index < -0.39 is 12.3 Å². The lowest BCUT2D eigenvalue weighted by molar-refractivity contribution is -0.215. The topological polar surface area (TPSA) is 81.4 Å². The molecule has 0 unspecified atom stereocenters. The first-order chi connectivity index (χ1) is 20.8. The first kappa shape index (κ1) is 29.3. The van der Waals surface area contributed by atoms with Crippen LogP contribution in [0.4, 0.5) is 19.0 Å². The summed E-state index contributed by atoms with van der Waals surface area (Å²) in [4.78, 5) is 25.4. The zero-order valence-corrected chi connectivity index (χ0v) is 25.5. The molecule has 0 spiro atoms. The Balaban J connectivity index is 1.13. The molecule has 44 heavy (non-hydrogen) atoms. The number of carbonyl (C=O) groups is 1. The smallest absolute Gasteiger partial charge is 0.387 e. The van der Waals surface area contributed by atoms with E-state index >= 15 is 0 Å². The summed E-state index contributed by atoms with van der Waals surface area (Å²) < 4.78 is 49.8. The van der Waals surface area contributed by atoms with Gasteiger partial charge in [-0.1, -0.05) is 38.1 Å². The molecule has 0 atom stereocenters. The second kappa shape index (κ2) is 10.0. The normalized spacial score (nSPS) is 30.5. The number of alkyl halides is 3. The van der Waals surface area contributed by atoms with Crippen LogP contribution in [0.1, 0.15) is 96.7 Å². The summed E-state index contributed by atoms with van der Waals surface area (Å²) in [6.45, 7) is 3.87. The molecule has 3 aromatic rings. The van der Waals surface area contributed by atoms with Crippen molar-refractivity contribution in [3.05, 3.63) is 54.3 Å². The molecule has 6 saturated carbocycles. The van der Waals surface area contributed by atoms with E-state index in [1.807, 2.05) is 17.0 Å². The number of rotatable bonds is 9. The molecule has 4 bridgehead atoms. The van der Waals surface area contributed by atoms with Crippen molar-refractivity contribution >= 4 is 11.7 Å². The molecular weight excluding hydrogens is 569 g/mol. The van der Waals surface area contributed by atoms with E-state index in [-0.39, 0.29) is 33.3 Å². The van der Waals surface area contributed by atoms with Crippen molar-refractivity contribution in [1.29, 1.82) is 0 Å². The van der Waals surface area contributed by atoms with Crippen molar-refractivity contribution in [2.75, 3.05) is 11.4 Å². The third kappa shape index (κ3) is 5.17. The predicted molar refractivity (Wildman–Crippen MR) is 158 cm³/mol. The van der Waals surface area contributed by atoms with E-state index in [4.69, 9.17) is 9.51 Å². The number of hydrogen-bond acceptors (Lipinski definition) is 6. The van der Waals surface area contributed by atoms with Gasteiger partial charge in [-0.25, -0.2) is 9.37 Å². The fourth-order valence-corrected chi connectivity index (χ4v) is 8.25. The minimum atomic E-state index is -2.89. The van der Waals surface area contributed by atoms with E-state index in [0.29, 0.717) is 43.9 Å². The lowest BCUT2D eigenvalue weighted by atomic mass is 9.41. The Hall–Kier alpha value is -3.43. The van der Waals surface area contributed by atoms with Crippen LogP contribution in [0.25, 0.3) is 11.1 Å². The van der Waals surface area contributed by atoms with Gasteiger partial charge in [-0.05, 0) is 104 Å². The monoisotopic (exact) mass is 608 g/mol. The SMILES string of the molecule is CC(C)(C)c1nc(C23CCC(CN(C(=O)CC45CC(F)(C4)C5)c4cc(-c5ccc(OC(F)F)cc5)ccn4)(CC2)CC3)no1. The summed E-state index contributed by atoms with van der Waals surface area (Å²) in [5, 5.41) is 4.42. The number of fused-ring (bicyclic) bond motifs is 3. The molecule has 7 nitrogen and oxygen atoms in total. The number of anilines is 1. The largest absolute Gasteiger partial charge is 0.435 e. The molecule has 6 aliphatic rings. The van der Waals surface area contributed by atoms with Gasteiger partial charge in [0, 0.05) is 30.0 Å². The van der Waals surface area contributed by atoms with Crippen LogP contribution in [0.2, 0.25) is 0 Å². The number of nitrogens with zero attached hydrogens (tertiary/aromatic N) is 4. The van der Waals surface area contributed by atoms with Gasteiger partial charge in [0.05, 0.1) is 0 Å². The summed E-state index contributed by atoms with van der Waals surface area (Å²) in [5.74, 6) is 2.10. The summed E-state index contributed by atoms with van der Waals surface area (Å²) in [6.07, 6.45) is 9.05. The summed E-state index contributed by atoms with van der Waals surface area (Å²) in [5.41, 5.74) is -0.0298. The van der Waals surface area contributed by atoms with Gasteiger partial charge in [0.25, 0.3) is 0 Å². The van der Waals surface area contributed by atoms with Gasteiger partial charge in [-0.2, -0.15) is 13.8 Å². The number of carbonyl (C=O) groups excluding carboxylic acids is 1. The van der Waals surface area contributed by atoms with Crippen LogP contribution < -0.4 is 9.64 Å². The van der Waals surface area contributed by atoms with E-state index in [0.717, 1.165) is 55.5 Å². The number of hydrogen-bond donors (Lipinski definition) is 0. The van der Waals surface area contributed by atoms with Crippen LogP contribution in [0.15, 0.2) is 47.1 Å². The molecule has 0 radical (unpaired) electrons. The standard InChI is InChI=1S/C34H39F3N4O3/c1-30(2,3)28-39-27(40-44-28)33-12-9-31(10-13-33,11-14-33)21-41(26(42)17-32-18-34(37,19-32)20-32)25-16-23(8-15-38-25)22-4-6-24(7-5-22)43-29(35)36/h4-8,15-16,29H,9-14,17-21H2,1-3H3. The van der Waals surface area contributed by atoms with Crippen molar-refractivity contribution in [3.63, 3.8) is 0 Å². The molecule has 6 aliphatic carbocycles. The Morgan fingerprint density at radius 1 is 0.977 bits per heavy atom. The molecule has 0 saturated heterocycles. The first-order valence-corrected chi connectivity index (χ1v) is 15.6. The second-order valence-electron chi connectivity index (χ2n) is 15.1. The van der Waals surface area contributed by atoms with Crippen LogP contribution in [-0.2, 0) is 15.6 Å². The summed E-state index contributed by atoms with van der Waals surface area (Å²) >= 11 is 0. The van der Waals surface area contributed by atoms with E-state index in [1.165, 1.54) is 12.1 Å². The highest BCUT2D eigenvalue weighted by Gasteiger charge is 2.69. The lowest BCUT2D eigenvalue weighted by Gasteiger charge is -2.66. The molecule has 1 amide bonds. The van der Waals surface area contributed by atoms with Gasteiger partial charge in [0.1, 0.15) is 17.2 Å². The Kier molecular flexibility index (Phi) is 6.68. The molecule has 0 aliphatic heterocycles. The molecule has 2 heterocycles. The summed E-state index contributed by atoms with van der Waals surface area (Å²) in [6, 6.07) is 10.2. The number of amides is 1. The van der Waals surface area contributed by atoms with E-state index in [2.05, 4.69) is 35.6 Å². The van der Waals surface area contributed by atoms with Crippen molar-refractivity contribution in [3.8, 4) is 16.9 Å². The van der Waals surface area contributed by atoms with Crippen LogP contribution >= 0.6 is 0 Å². The number of aromatic nitrogens is 3. The van der Waals surface area contributed by atoms with Crippen molar-refractivity contribution < 1.29 is 27.2 Å². The average Bonchev–Trinajstić information content (AvgIpc) is 3.48. The molecule has 234 valence electrons. The third-order valence-corrected chi connectivity index (χ3v) is 10.8. The Labute approximate surface area is 255 Å². The molecule has 6 fully saturated rings. The zero-order valence-electron chi connectivity index (χ0n) is 25.5. The highest BCUT2D eigenvalue weighted by Crippen LogP contribution is 2.71. The number of halogens is 3. The highest BCUT2D eigenvalue weighted by molar-refractivity contribution is 5.94. The lowest BCUT2D eigenvalue weighted by Crippen LogP contribution is -2.65. The fraction of sp³-hybridized carbons (Fsp3) is 0.588. The maximum Gasteiger partial charge on any atom is 0.387 e. The number of pyridine rings is 1. The van der Waals surface area contributed by atoms with Gasteiger partial charge < -0.3 is 9.26 Å². The van der Waals surface area contributed by atoms with Gasteiger partial charge in [-0.3, -0.25) is 9.69 Å². The predicted octanol–water partition coefficient (Wildman–Crippen LogP) is 7.94. The minimum Gasteiger partial charge on any atom is -0.435 e. The molecule has 1 aromatic carbocycles. The van der Waals surface area contributed by atoms with Crippen molar-refractivity contribution in [2.45, 2.75) is 108 Å². The molecule has 2 aromatic heterocycles. The van der Waals surface area contributed by atoms with E-state index in [9.17, 15) is 18.0 Å². The van der Waals surface area contributed by atoms with E-state index in [1.54, 1.807) is 18.3 Å². The van der Waals surface area contributed by atoms with Gasteiger partial charge >= 0.3 is 6.61 Å². The van der Waals surface area contributed by atoms with Crippen LogP contribution in [0.3, 0.4) is 0 Å². The summed E-state index contributed by atoms with van der Waals surface area (Å²) in [7, 11) is 0. The van der Waals surface area contributed by atoms with Gasteiger partial charge in [0.2, 0.25) is 11.8 Å². The van der Waals surface area contributed by atoms with Crippen molar-refractivity contribution in [1.82, 2.24) is 15.1 Å². The van der Waals surface area contributed by atoms with Crippen LogP contribution in [0.5, 0.6) is 5.75 Å². The van der Waals surface area contributed by atoms with Crippen LogP contribution in [0, 0.1) is 10.8 Å². The molecule has 10 heteroatoms. The number of ether oxygens (including phenoxy) is 1. The number of benzene rings is 1. The molecule has 9 rings (SSSR count). The van der Waals surface area contributed by atoms with Crippen LogP contribution in [-0.4, -0.2) is 39.9 Å². The highest BCUT2D eigenvalue weighted by atomic mass is 19.3. The average molecular weight is 609 g/mol. The maximum absolute atomic E-state index is 14.4. The van der Waals surface area contributed by atoms with Gasteiger partial charge in [-0.15, -0.1) is 0 Å². The van der Waals surface area contributed by atoms with Gasteiger partial charge in [0.15, 0.2) is 5.82 Å². The molecular formula is C34H39F3N4O3. The first-order valence-electron chi connectivity index (χ1n) is 15.6. The third-order valence-electron chi connectivity index (χ3n) is 10.8. The fourth-order valence-electron chi connectivity index (χ4n) is 8.25. The quantitative estimate of drug-likeness (QED) is 0.245. The van der Waals surface area contributed by atoms with Crippen molar-refractivity contribution in [2.24, 2.45) is 10.8 Å². The Morgan fingerprint density at radius 2 is 1.64 bits per heavy atom.